The van der Waals surface area contributed by atoms with Crippen LogP contribution >= 0.6 is 11.6 Å². The van der Waals surface area contributed by atoms with Crippen LogP contribution in [0.25, 0.3) is 0 Å². The molecule has 0 fully saturated rings. The van der Waals surface area contributed by atoms with Gasteiger partial charge in [0.15, 0.2) is 0 Å². The van der Waals surface area contributed by atoms with Crippen LogP contribution in [0.4, 0.5) is 11.4 Å². The molecule has 130 valence electrons. The van der Waals surface area contributed by atoms with Crippen molar-refractivity contribution in [3.63, 3.8) is 0 Å². The van der Waals surface area contributed by atoms with Crippen LogP contribution in [0.1, 0.15) is 22.8 Å². The Kier molecular flexibility index (Phi) is 5.66. The van der Waals surface area contributed by atoms with Crippen LogP contribution < -0.4 is 0 Å². The van der Waals surface area contributed by atoms with E-state index < -0.39 is 32.2 Å². The van der Waals surface area contributed by atoms with Crippen molar-refractivity contribution in [2.45, 2.75) is 13.5 Å². The van der Waals surface area contributed by atoms with Crippen molar-refractivity contribution in [2.24, 2.45) is 0 Å². The smallest absolute Gasteiger partial charge is 0.295 e. The third-order valence-electron chi connectivity index (χ3n) is 3.56. The number of hydrogen-bond acceptors (Lipinski definition) is 5. The zero-order chi connectivity index (χ0) is 18.6. The van der Waals surface area contributed by atoms with Gasteiger partial charge in [-0.15, -0.1) is 0 Å². The van der Waals surface area contributed by atoms with Gasteiger partial charge in [-0.25, -0.2) is 0 Å². The van der Waals surface area contributed by atoms with Gasteiger partial charge in [-0.3, -0.25) is 25.0 Å². The van der Waals surface area contributed by atoms with E-state index in [0.717, 1.165) is 17.7 Å². The highest BCUT2D eigenvalue weighted by molar-refractivity contribution is 6.36. The Morgan fingerprint density at radius 3 is 2.28 bits per heavy atom. The van der Waals surface area contributed by atoms with E-state index in [-0.39, 0.29) is 12.1 Å². The van der Waals surface area contributed by atoms with Crippen molar-refractivity contribution in [1.82, 2.24) is 4.90 Å². The molecular formula is C16H14ClN3O5. The summed E-state index contributed by atoms with van der Waals surface area (Å²) in [4.78, 5) is 34.6. The molecule has 8 nitrogen and oxygen atoms in total. The molecule has 2 aromatic rings. The maximum absolute atomic E-state index is 12.7. The Balaban J connectivity index is 2.45. The SMILES string of the molecule is CCN(Cc1ccccc1)C(=O)c1cc([N+](=O)[O-])cc([N+](=O)[O-])c1Cl. The maximum atomic E-state index is 12.7. The number of rotatable bonds is 6. The molecule has 2 aromatic carbocycles. The van der Waals surface area contributed by atoms with Gasteiger partial charge in [0, 0.05) is 19.2 Å². The van der Waals surface area contributed by atoms with E-state index in [4.69, 9.17) is 11.6 Å². The molecule has 0 atom stereocenters. The predicted octanol–water partition coefficient (Wildman–Crippen LogP) is 3.82. The lowest BCUT2D eigenvalue weighted by molar-refractivity contribution is -0.394. The highest BCUT2D eigenvalue weighted by Gasteiger charge is 2.28. The molecule has 9 heteroatoms. The highest BCUT2D eigenvalue weighted by Crippen LogP contribution is 2.33. The lowest BCUT2D eigenvalue weighted by Crippen LogP contribution is -2.30. The molecule has 0 heterocycles. The molecule has 1 amide bonds. The summed E-state index contributed by atoms with van der Waals surface area (Å²) >= 11 is 5.97. The molecule has 0 aromatic heterocycles. The zero-order valence-corrected chi connectivity index (χ0v) is 14.0. The number of halogens is 1. The van der Waals surface area contributed by atoms with E-state index in [1.165, 1.54) is 4.90 Å². The first kappa shape index (κ1) is 18.3. The van der Waals surface area contributed by atoms with Crippen LogP contribution in [-0.2, 0) is 6.54 Å². The molecule has 0 saturated heterocycles. The van der Waals surface area contributed by atoms with Gasteiger partial charge in [-0.2, -0.15) is 0 Å². The standard InChI is InChI=1S/C16H14ClN3O5/c1-2-18(10-11-6-4-3-5-7-11)16(21)13-8-12(19(22)23)9-14(15(13)17)20(24)25/h3-9H,2,10H2,1H3. The summed E-state index contributed by atoms with van der Waals surface area (Å²) in [5, 5.41) is 21.7. The number of non-ortho nitro benzene ring substituents is 1. The molecule has 0 unspecified atom stereocenters. The number of carbonyl (C=O) groups excluding carboxylic acids is 1. The second-order valence-electron chi connectivity index (χ2n) is 5.15. The summed E-state index contributed by atoms with van der Waals surface area (Å²) in [6.07, 6.45) is 0. The molecule has 0 aliphatic heterocycles. The van der Waals surface area contributed by atoms with Crippen LogP contribution in [0.3, 0.4) is 0 Å². The Morgan fingerprint density at radius 2 is 1.76 bits per heavy atom. The normalized spacial score (nSPS) is 10.3. The Bertz CT molecular complexity index is 826. The number of benzene rings is 2. The Morgan fingerprint density at radius 1 is 1.12 bits per heavy atom. The molecule has 0 aliphatic carbocycles. The fraction of sp³-hybridized carbons (Fsp3) is 0.188. The van der Waals surface area contributed by atoms with E-state index in [0.29, 0.717) is 6.54 Å². The summed E-state index contributed by atoms with van der Waals surface area (Å²) in [6, 6.07) is 10.8. The van der Waals surface area contributed by atoms with E-state index in [2.05, 4.69) is 0 Å². The predicted molar refractivity (Wildman–Crippen MR) is 91.6 cm³/mol. The van der Waals surface area contributed by atoms with Gasteiger partial charge in [0.2, 0.25) is 0 Å². The lowest BCUT2D eigenvalue weighted by atomic mass is 10.1. The quantitative estimate of drug-likeness (QED) is 0.572. The van der Waals surface area contributed by atoms with Crippen LogP contribution in [0, 0.1) is 20.2 Å². The third kappa shape index (κ3) is 4.10. The maximum Gasteiger partial charge on any atom is 0.295 e. The molecule has 0 aliphatic rings. The minimum atomic E-state index is -0.848. The first-order valence-corrected chi connectivity index (χ1v) is 7.68. The average molecular weight is 364 g/mol. The molecule has 0 bridgehead atoms. The van der Waals surface area contributed by atoms with Crippen molar-refractivity contribution in [3.8, 4) is 0 Å². The van der Waals surface area contributed by atoms with E-state index in [1.54, 1.807) is 6.92 Å². The number of amides is 1. The highest BCUT2D eigenvalue weighted by atomic mass is 35.5. The molecule has 0 spiro atoms. The van der Waals surface area contributed by atoms with Crippen LogP contribution in [0.15, 0.2) is 42.5 Å². The Hall–Kier alpha value is -3.00. The molecule has 25 heavy (non-hydrogen) atoms. The summed E-state index contributed by atoms with van der Waals surface area (Å²) in [5.41, 5.74) is -0.640. The summed E-state index contributed by atoms with van der Waals surface area (Å²) in [5.74, 6) is -0.608. The number of hydrogen-bond donors (Lipinski definition) is 0. The van der Waals surface area contributed by atoms with E-state index in [1.807, 2.05) is 30.3 Å². The molecule has 2 rings (SSSR count). The number of nitro groups is 2. The van der Waals surface area contributed by atoms with E-state index >= 15 is 0 Å². The summed E-state index contributed by atoms with van der Waals surface area (Å²) in [7, 11) is 0. The van der Waals surface area contributed by atoms with Gasteiger partial charge in [-0.1, -0.05) is 41.9 Å². The van der Waals surface area contributed by atoms with Crippen molar-refractivity contribution >= 4 is 28.9 Å². The fourth-order valence-electron chi connectivity index (χ4n) is 2.29. The van der Waals surface area contributed by atoms with Gasteiger partial charge < -0.3 is 4.90 Å². The largest absolute Gasteiger partial charge is 0.335 e. The van der Waals surface area contributed by atoms with Gasteiger partial charge >= 0.3 is 0 Å². The first-order chi connectivity index (χ1) is 11.8. The molecular weight excluding hydrogens is 350 g/mol. The lowest BCUT2D eigenvalue weighted by Gasteiger charge is -2.21. The number of carbonyl (C=O) groups is 1. The van der Waals surface area contributed by atoms with Crippen LogP contribution in [0.5, 0.6) is 0 Å². The van der Waals surface area contributed by atoms with Crippen LogP contribution in [-0.4, -0.2) is 27.2 Å². The zero-order valence-electron chi connectivity index (χ0n) is 13.2. The van der Waals surface area contributed by atoms with Crippen molar-refractivity contribution in [2.75, 3.05) is 6.54 Å². The monoisotopic (exact) mass is 363 g/mol. The molecule has 0 N–H and O–H groups in total. The van der Waals surface area contributed by atoms with Crippen molar-refractivity contribution < 1.29 is 14.6 Å². The van der Waals surface area contributed by atoms with Crippen molar-refractivity contribution in [3.05, 3.63) is 78.8 Å². The fourth-order valence-corrected chi connectivity index (χ4v) is 2.55. The number of nitrogens with zero attached hydrogens (tertiary/aromatic N) is 3. The first-order valence-electron chi connectivity index (χ1n) is 7.30. The second kappa shape index (κ2) is 7.71. The van der Waals surface area contributed by atoms with E-state index in [9.17, 15) is 25.0 Å². The van der Waals surface area contributed by atoms with Crippen LogP contribution in [0.2, 0.25) is 5.02 Å². The molecule has 0 radical (unpaired) electrons. The van der Waals surface area contributed by atoms with Gasteiger partial charge in [-0.05, 0) is 12.5 Å². The summed E-state index contributed by atoms with van der Waals surface area (Å²) < 4.78 is 0. The number of nitro benzene ring substituents is 2. The third-order valence-corrected chi connectivity index (χ3v) is 3.96. The summed E-state index contributed by atoms with van der Waals surface area (Å²) in [6.45, 7) is 2.30. The van der Waals surface area contributed by atoms with Gasteiger partial charge in [0.05, 0.1) is 21.5 Å². The second-order valence-corrected chi connectivity index (χ2v) is 5.52. The Labute approximate surface area is 147 Å². The van der Waals surface area contributed by atoms with Gasteiger partial charge in [0.1, 0.15) is 5.02 Å². The minimum absolute atomic E-state index is 0.253. The van der Waals surface area contributed by atoms with Gasteiger partial charge in [0.25, 0.3) is 17.3 Å². The average Bonchev–Trinajstić information content (AvgIpc) is 2.59. The van der Waals surface area contributed by atoms with Crippen molar-refractivity contribution in [1.29, 1.82) is 0 Å². The topological polar surface area (TPSA) is 107 Å². The minimum Gasteiger partial charge on any atom is -0.335 e. The molecule has 0 saturated carbocycles.